The van der Waals surface area contributed by atoms with Crippen LogP contribution in [0.2, 0.25) is 0 Å². The van der Waals surface area contributed by atoms with E-state index in [9.17, 15) is 0 Å². The van der Waals surface area contributed by atoms with Crippen LogP contribution in [0.1, 0.15) is 18.3 Å². The molecule has 0 amide bonds. The standard InChI is InChI=1S/C15H16N4O/c1-2-20-14-6-4-12-15(19-14)18-13(17-12)5-3-11-7-9-16-10-8-11/h4,6-10H,2-3,5H2,1H3,(H,17,18,19). The van der Waals surface area contributed by atoms with Gasteiger partial charge in [0.2, 0.25) is 5.88 Å². The van der Waals surface area contributed by atoms with E-state index in [1.54, 1.807) is 0 Å². The Hall–Kier alpha value is -2.43. The number of aromatic nitrogens is 4. The lowest BCUT2D eigenvalue weighted by Crippen LogP contribution is -1.94. The van der Waals surface area contributed by atoms with Gasteiger partial charge in [-0.3, -0.25) is 4.98 Å². The summed E-state index contributed by atoms with van der Waals surface area (Å²) in [5.74, 6) is 1.56. The number of ether oxygens (including phenoxy) is 1. The molecule has 3 rings (SSSR count). The molecule has 3 aromatic heterocycles. The summed E-state index contributed by atoms with van der Waals surface area (Å²) in [6.07, 6.45) is 5.40. The normalized spacial score (nSPS) is 10.8. The second-order valence-electron chi connectivity index (χ2n) is 4.49. The molecular weight excluding hydrogens is 252 g/mol. The summed E-state index contributed by atoms with van der Waals surface area (Å²) in [4.78, 5) is 16.2. The van der Waals surface area contributed by atoms with E-state index in [4.69, 9.17) is 4.74 Å². The van der Waals surface area contributed by atoms with Crippen molar-refractivity contribution in [1.29, 1.82) is 0 Å². The van der Waals surface area contributed by atoms with Crippen molar-refractivity contribution in [2.24, 2.45) is 0 Å². The molecule has 0 unspecified atom stereocenters. The van der Waals surface area contributed by atoms with E-state index in [2.05, 4.69) is 19.9 Å². The molecule has 3 heterocycles. The molecular formula is C15H16N4O. The van der Waals surface area contributed by atoms with Crippen molar-refractivity contribution in [3.05, 3.63) is 48.0 Å². The molecule has 0 aliphatic rings. The summed E-state index contributed by atoms with van der Waals surface area (Å²) < 4.78 is 5.38. The van der Waals surface area contributed by atoms with Gasteiger partial charge in [0.05, 0.1) is 12.1 Å². The van der Waals surface area contributed by atoms with E-state index in [-0.39, 0.29) is 0 Å². The van der Waals surface area contributed by atoms with E-state index in [0.29, 0.717) is 18.1 Å². The highest BCUT2D eigenvalue weighted by atomic mass is 16.5. The fourth-order valence-corrected chi connectivity index (χ4v) is 2.08. The van der Waals surface area contributed by atoms with Crippen LogP contribution in [-0.2, 0) is 12.8 Å². The number of nitrogens with zero attached hydrogens (tertiary/aromatic N) is 3. The van der Waals surface area contributed by atoms with E-state index >= 15 is 0 Å². The SMILES string of the molecule is CCOc1ccc2[nH]c(CCc3ccncc3)nc2n1. The number of H-pyrrole nitrogens is 1. The predicted molar refractivity (Wildman–Crippen MR) is 76.7 cm³/mol. The van der Waals surface area contributed by atoms with Crippen LogP contribution in [-0.4, -0.2) is 26.5 Å². The summed E-state index contributed by atoms with van der Waals surface area (Å²) in [5.41, 5.74) is 2.90. The summed E-state index contributed by atoms with van der Waals surface area (Å²) in [6.45, 7) is 2.55. The van der Waals surface area contributed by atoms with Crippen molar-refractivity contribution in [2.45, 2.75) is 19.8 Å². The van der Waals surface area contributed by atoms with Gasteiger partial charge in [0.15, 0.2) is 5.65 Å². The maximum Gasteiger partial charge on any atom is 0.215 e. The molecule has 3 aromatic rings. The van der Waals surface area contributed by atoms with Crippen LogP contribution in [0.25, 0.3) is 11.2 Å². The van der Waals surface area contributed by atoms with Crippen molar-refractivity contribution in [3.63, 3.8) is 0 Å². The lowest BCUT2D eigenvalue weighted by Gasteiger charge is -1.99. The van der Waals surface area contributed by atoms with Gasteiger partial charge in [-0.2, -0.15) is 4.98 Å². The number of aromatic amines is 1. The molecule has 5 heteroatoms. The summed E-state index contributed by atoms with van der Waals surface area (Å²) >= 11 is 0. The van der Waals surface area contributed by atoms with Crippen LogP contribution in [0.3, 0.4) is 0 Å². The lowest BCUT2D eigenvalue weighted by atomic mass is 10.1. The molecule has 102 valence electrons. The Morgan fingerprint density at radius 1 is 1.05 bits per heavy atom. The van der Waals surface area contributed by atoms with Gasteiger partial charge in [0.25, 0.3) is 0 Å². The number of nitrogens with one attached hydrogen (secondary N) is 1. The van der Waals surface area contributed by atoms with Crippen LogP contribution in [0.5, 0.6) is 5.88 Å². The largest absolute Gasteiger partial charge is 0.478 e. The molecule has 0 aliphatic heterocycles. The average molecular weight is 268 g/mol. The van der Waals surface area contributed by atoms with E-state index in [1.165, 1.54) is 5.56 Å². The molecule has 0 bridgehead atoms. The molecule has 0 spiro atoms. The Morgan fingerprint density at radius 3 is 2.70 bits per heavy atom. The number of pyridine rings is 2. The average Bonchev–Trinajstić information content (AvgIpc) is 2.89. The van der Waals surface area contributed by atoms with Crippen LogP contribution >= 0.6 is 0 Å². The van der Waals surface area contributed by atoms with Gasteiger partial charge in [-0.05, 0) is 37.1 Å². The molecule has 0 radical (unpaired) electrons. The Labute approximate surface area is 117 Å². The molecule has 1 N–H and O–H groups in total. The molecule has 0 saturated heterocycles. The third-order valence-corrected chi connectivity index (χ3v) is 3.06. The Morgan fingerprint density at radius 2 is 1.90 bits per heavy atom. The first-order valence-corrected chi connectivity index (χ1v) is 6.72. The fourth-order valence-electron chi connectivity index (χ4n) is 2.08. The number of fused-ring (bicyclic) bond motifs is 1. The first-order valence-electron chi connectivity index (χ1n) is 6.72. The number of hydrogen-bond donors (Lipinski definition) is 1. The zero-order chi connectivity index (χ0) is 13.8. The van der Waals surface area contributed by atoms with Gasteiger partial charge < -0.3 is 9.72 Å². The minimum Gasteiger partial charge on any atom is -0.478 e. The third-order valence-electron chi connectivity index (χ3n) is 3.06. The first kappa shape index (κ1) is 12.6. The zero-order valence-corrected chi connectivity index (χ0v) is 11.3. The van der Waals surface area contributed by atoms with E-state index in [1.807, 2.05) is 43.6 Å². The van der Waals surface area contributed by atoms with Crippen molar-refractivity contribution < 1.29 is 4.74 Å². The Kier molecular flexibility index (Phi) is 3.58. The van der Waals surface area contributed by atoms with Crippen LogP contribution < -0.4 is 4.74 Å². The maximum absolute atomic E-state index is 5.38. The summed E-state index contributed by atoms with van der Waals surface area (Å²) in [6, 6.07) is 7.86. The highest BCUT2D eigenvalue weighted by Gasteiger charge is 2.06. The van der Waals surface area contributed by atoms with Gasteiger partial charge in [0, 0.05) is 24.9 Å². The van der Waals surface area contributed by atoms with Crippen molar-refractivity contribution in [1.82, 2.24) is 19.9 Å². The molecule has 0 aliphatic carbocycles. The highest BCUT2D eigenvalue weighted by molar-refractivity contribution is 5.71. The highest BCUT2D eigenvalue weighted by Crippen LogP contribution is 2.15. The third kappa shape index (κ3) is 2.77. The first-order chi connectivity index (χ1) is 9.85. The molecule has 0 saturated carbocycles. The second-order valence-corrected chi connectivity index (χ2v) is 4.49. The predicted octanol–water partition coefficient (Wildman–Crippen LogP) is 2.54. The van der Waals surface area contributed by atoms with Crippen LogP contribution in [0, 0.1) is 0 Å². The minimum atomic E-state index is 0.609. The molecule has 0 fully saturated rings. The van der Waals surface area contributed by atoms with Gasteiger partial charge in [-0.1, -0.05) is 0 Å². The maximum atomic E-state index is 5.38. The minimum absolute atomic E-state index is 0.609. The van der Waals surface area contributed by atoms with Gasteiger partial charge in [-0.25, -0.2) is 4.98 Å². The Balaban J connectivity index is 1.75. The van der Waals surface area contributed by atoms with Crippen LogP contribution in [0.4, 0.5) is 0 Å². The van der Waals surface area contributed by atoms with Crippen molar-refractivity contribution >= 4 is 11.2 Å². The Bertz CT molecular complexity index is 693. The fraction of sp³-hybridized carbons (Fsp3) is 0.267. The monoisotopic (exact) mass is 268 g/mol. The summed E-state index contributed by atoms with van der Waals surface area (Å²) in [5, 5.41) is 0. The zero-order valence-electron chi connectivity index (χ0n) is 11.3. The second kappa shape index (κ2) is 5.69. The smallest absolute Gasteiger partial charge is 0.215 e. The molecule has 0 atom stereocenters. The molecule has 0 aromatic carbocycles. The number of rotatable bonds is 5. The van der Waals surface area contributed by atoms with E-state index in [0.717, 1.165) is 24.2 Å². The van der Waals surface area contributed by atoms with Gasteiger partial charge in [0.1, 0.15) is 5.82 Å². The topological polar surface area (TPSA) is 63.7 Å². The quantitative estimate of drug-likeness (QED) is 0.772. The van der Waals surface area contributed by atoms with Crippen molar-refractivity contribution in [2.75, 3.05) is 6.61 Å². The molecule has 20 heavy (non-hydrogen) atoms. The van der Waals surface area contributed by atoms with Crippen LogP contribution in [0.15, 0.2) is 36.7 Å². The number of hydrogen-bond acceptors (Lipinski definition) is 4. The summed E-state index contributed by atoms with van der Waals surface area (Å²) in [7, 11) is 0. The molecule has 5 nitrogen and oxygen atoms in total. The number of aryl methyl sites for hydroxylation is 2. The van der Waals surface area contributed by atoms with Gasteiger partial charge in [-0.15, -0.1) is 0 Å². The number of imidazole rings is 1. The lowest BCUT2D eigenvalue weighted by molar-refractivity contribution is 0.328. The van der Waals surface area contributed by atoms with E-state index < -0.39 is 0 Å². The van der Waals surface area contributed by atoms with Gasteiger partial charge >= 0.3 is 0 Å². The van der Waals surface area contributed by atoms with Crippen molar-refractivity contribution in [3.8, 4) is 5.88 Å².